The maximum Gasteiger partial charge on any atom is 0.316 e. The van der Waals surface area contributed by atoms with Gasteiger partial charge in [0.1, 0.15) is 24.2 Å². The van der Waals surface area contributed by atoms with Crippen LogP contribution in [0.4, 0.5) is 16.2 Å². The minimum Gasteiger partial charge on any atom is -0.508 e. The number of phenolic OH excluding ortho intramolecular Hbond substituents is 1. The van der Waals surface area contributed by atoms with Crippen molar-refractivity contribution in [3.8, 4) is 11.5 Å². The number of benzene rings is 2. The summed E-state index contributed by atoms with van der Waals surface area (Å²) in [5.74, 6) is 0.885. The number of nitrogens with two attached hydrogens (primary N) is 1. The van der Waals surface area contributed by atoms with Crippen LogP contribution in [0.3, 0.4) is 0 Å². The Labute approximate surface area is 164 Å². The fourth-order valence-corrected chi connectivity index (χ4v) is 3.17. The number of β-amino-alcohol motifs (C(OH)–C–C–N with tert-alkyl or cyclic N) is 1. The molecule has 150 valence electrons. The van der Waals surface area contributed by atoms with Crippen LogP contribution in [0.2, 0.25) is 0 Å². The first-order chi connectivity index (χ1) is 13.5. The van der Waals surface area contributed by atoms with Crippen molar-refractivity contribution in [1.82, 2.24) is 4.90 Å². The van der Waals surface area contributed by atoms with E-state index in [0.29, 0.717) is 18.0 Å². The number of urea groups is 1. The van der Waals surface area contributed by atoms with E-state index in [2.05, 4.69) is 15.1 Å². The van der Waals surface area contributed by atoms with E-state index in [0.717, 1.165) is 31.9 Å². The predicted molar refractivity (Wildman–Crippen MR) is 108 cm³/mol. The van der Waals surface area contributed by atoms with Gasteiger partial charge in [0.25, 0.3) is 0 Å². The first kappa shape index (κ1) is 19.8. The van der Waals surface area contributed by atoms with Crippen LogP contribution in [-0.2, 0) is 0 Å². The maximum atomic E-state index is 10.8. The van der Waals surface area contributed by atoms with E-state index in [1.165, 1.54) is 0 Å². The molecule has 3 rings (SSSR count). The molecule has 1 aliphatic heterocycles. The monoisotopic (exact) mass is 386 g/mol. The van der Waals surface area contributed by atoms with E-state index >= 15 is 0 Å². The van der Waals surface area contributed by atoms with Gasteiger partial charge in [-0.05, 0) is 48.5 Å². The molecule has 0 aromatic heterocycles. The van der Waals surface area contributed by atoms with Crippen molar-refractivity contribution in [2.24, 2.45) is 5.73 Å². The molecule has 0 bridgehead atoms. The Kier molecular flexibility index (Phi) is 6.57. The lowest BCUT2D eigenvalue weighted by atomic mass is 10.2. The molecule has 1 fully saturated rings. The van der Waals surface area contributed by atoms with Crippen molar-refractivity contribution in [3.63, 3.8) is 0 Å². The van der Waals surface area contributed by atoms with Crippen molar-refractivity contribution in [2.75, 3.05) is 49.5 Å². The number of phenols is 1. The van der Waals surface area contributed by atoms with Gasteiger partial charge < -0.3 is 30.9 Å². The van der Waals surface area contributed by atoms with Crippen LogP contribution in [0.25, 0.3) is 0 Å². The van der Waals surface area contributed by atoms with Gasteiger partial charge in [-0.15, -0.1) is 0 Å². The third-order valence-corrected chi connectivity index (χ3v) is 4.62. The smallest absolute Gasteiger partial charge is 0.316 e. The number of ether oxygens (including phenoxy) is 1. The maximum absolute atomic E-state index is 10.8. The number of carbonyl (C=O) groups excluding carboxylic acids is 1. The Bertz CT molecular complexity index is 759. The third kappa shape index (κ3) is 5.77. The predicted octanol–water partition coefficient (Wildman–Crippen LogP) is 1.44. The average Bonchev–Trinajstić information content (AvgIpc) is 2.68. The summed E-state index contributed by atoms with van der Waals surface area (Å²) in [6.45, 7) is 4.18. The van der Waals surface area contributed by atoms with Crippen molar-refractivity contribution >= 4 is 17.4 Å². The number of aliphatic hydroxyl groups excluding tert-OH is 1. The van der Waals surface area contributed by atoms with Crippen molar-refractivity contribution in [3.05, 3.63) is 48.5 Å². The van der Waals surface area contributed by atoms with Crippen LogP contribution in [0.15, 0.2) is 48.5 Å². The molecule has 2 aromatic rings. The molecule has 0 unspecified atom stereocenters. The molecule has 1 atom stereocenters. The van der Waals surface area contributed by atoms with E-state index in [4.69, 9.17) is 10.5 Å². The number of carbonyl (C=O) groups is 1. The number of aliphatic hydroxyl groups is 1. The largest absolute Gasteiger partial charge is 0.508 e. The summed E-state index contributed by atoms with van der Waals surface area (Å²) in [6.07, 6.45) is -0.594. The number of amides is 2. The summed E-state index contributed by atoms with van der Waals surface area (Å²) in [5, 5.41) is 22.1. The van der Waals surface area contributed by atoms with E-state index in [9.17, 15) is 15.0 Å². The molecular formula is C20H26N4O4. The zero-order chi connectivity index (χ0) is 19.9. The Morgan fingerprint density at radius 1 is 1.07 bits per heavy atom. The fraction of sp³-hybridized carbons (Fsp3) is 0.350. The lowest BCUT2D eigenvalue weighted by molar-refractivity contribution is 0.0663. The van der Waals surface area contributed by atoms with Gasteiger partial charge in [-0.3, -0.25) is 4.90 Å². The summed E-state index contributed by atoms with van der Waals surface area (Å²) < 4.78 is 5.62. The van der Waals surface area contributed by atoms with Gasteiger partial charge in [-0.25, -0.2) is 4.79 Å². The van der Waals surface area contributed by atoms with Crippen molar-refractivity contribution < 1.29 is 19.7 Å². The van der Waals surface area contributed by atoms with Gasteiger partial charge >= 0.3 is 6.03 Å². The standard InChI is InChI=1S/C20H26N4O4/c21-20(27)22-15-1-7-19(8-2-15)28-14-18(26)13-23-9-11-24(12-10-23)16-3-5-17(25)6-4-16/h1-8,18,25-26H,9-14H2,(H3,21,22,27)/t18-/m0/s1. The van der Waals surface area contributed by atoms with Gasteiger partial charge in [0.2, 0.25) is 0 Å². The van der Waals surface area contributed by atoms with Crippen LogP contribution >= 0.6 is 0 Å². The second-order valence-electron chi connectivity index (χ2n) is 6.78. The SMILES string of the molecule is NC(=O)Nc1ccc(OC[C@@H](O)CN2CCN(c3ccc(O)cc3)CC2)cc1. The summed E-state index contributed by atoms with van der Waals surface area (Å²) in [6, 6.07) is 13.4. The molecule has 1 saturated heterocycles. The second kappa shape index (κ2) is 9.29. The molecule has 1 heterocycles. The van der Waals surface area contributed by atoms with E-state index < -0.39 is 12.1 Å². The van der Waals surface area contributed by atoms with E-state index in [-0.39, 0.29) is 12.4 Å². The van der Waals surface area contributed by atoms with Crippen molar-refractivity contribution in [1.29, 1.82) is 0 Å². The zero-order valence-corrected chi connectivity index (χ0v) is 15.6. The number of nitrogens with zero attached hydrogens (tertiary/aromatic N) is 2. The topological polar surface area (TPSA) is 111 Å². The number of primary amides is 1. The fourth-order valence-electron chi connectivity index (χ4n) is 3.17. The number of nitrogens with one attached hydrogen (secondary N) is 1. The molecular weight excluding hydrogens is 360 g/mol. The minimum atomic E-state index is -0.616. The van der Waals surface area contributed by atoms with Gasteiger partial charge in [-0.1, -0.05) is 0 Å². The molecule has 0 saturated carbocycles. The molecule has 5 N–H and O–H groups in total. The summed E-state index contributed by atoms with van der Waals surface area (Å²) in [7, 11) is 0. The van der Waals surface area contributed by atoms with Gasteiger partial charge in [0, 0.05) is 44.1 Å². The van der Waals surface area contributed by atoms with Crippen LogP contribution in [0.5, 0.6) is 11.5 Å². The molecule has 2 aromatic carbocycles. The highest BCUT2D eigenvalue weighted by Gasteiger charge is 2.19. The third-order valence-electron chi connectivity index (χ3n) is 4.62. The Hall–Kier alpha value is -2.97. The Morgan fingerprint density at radius 3 is 2.32 bits per heavy atom. The molecule has 8 nitrogen and oxygen atoms in total. The minimum absolute atomic E-state index is 0.195. The molecule has 0 spiro atoms. The van der Waals surface area contributed by atoms with Crippen LogP contribution in [0, 0.1) is 0 Å². The highest BCUT2D eigenvalue weighted by molar-refractivity contribution is 5.87. The van der Waals surface area contributed by atoms with Gasteiger partial charge in [0.15, 0.2) is 0 Å². The van der Waals surface area contributed by atoms with E-state index in [1.807, 2.05) is 12.1 Å². The number of hydrogen-bond acceptors (Lipinski definition) is 6. The summed E-state index contributed by atoms with van der Waals surface area (Å²) >= 11 is 0. The molecule has 28 heavy (non-hydrogen) atoms. The molecule has 1 aliphatic rings. The molecule has 2 amide bonds. The zero-order valence-electron chi connectivity index (χ0n) is 15.6. The Balaban J connectivity index is 1.39. The molecule has 8 heteroatoms. The first-order valence-corrected chi connectivity index (χ1v) is 9.23. The lowest BCUT2D eigenvalue weighted by Gasteiger charge is -2.36. The number of piperazine rings is 1. The first-order valence-electron chi connectivity index (χ1n) is 9.23. The van der Waals surface area contributed by atoms with Gasteiger partial charge in [0.05, 0.1) is 0 Å². The number of rotatable bonds is 7. The van der Waals surface area contributed by atoms with Crippen LogP contribution in [-0.4, -0.2) is 66.6 Å². The second-order valence-corrected chi connectivity index (χ2v) is 6.78. The highest BCUT2D eigenvalue weighted by Crippen LogP contribution is 2.20. The summed E-state index contributed by atoms with van der Waals surface area (Å²) in [4.78, 5) is 15.3. The molecule has 0 aliphatic carbocycles. The van der Waals surface area contributed by atoms with Crippen LogP contribution < -0.4 is 20.7 Å². The van der Waals surface area contributed by atoms with Crippen LogP contribution in [0.1, 0.15) is 0 Å². The number of aromatic hydroxyl groups is 1. The highest BCUT2D eigenvalue weighted by atomic mass is 16.5. The quantitative estimate of drug-likeness (QED) is 0.573. The van der Waals surface area contributed by atoms with E-state index in [1.54, 1.807) is 36.4 Å². The normalized spacial score (nSPS) is 15.8. The lowest BCUT2D eigenvalue weighted by Crippen LogP contribution is -2.49. The van der Waals surface area contributed by atoms with Crippen molar-refractivity contribution in [2.45, 2.75) is 6.10 Å². The summed E-state index contributed by atoms with van der Waals surface area (Å²) in [5.41, 5.74) is 6.75. The number of anilines is 2. The average molecular weight is 386 g/mol. The van der Waals surface area contributed by atoms with Gasteiger partial charge in [-0.2, -0.15) is 0 Å². The Morgan fingerprint density at radius 2 is 1.71 bits per heavy atom. The number of hydrogen-bond donors (Lipinski definition) is 4. The molecule has 0 radical (unpaired) electrons.